The normalized spacial score (nSPS) is 11.7. The molecule has 0 bridgehead atoms. The fourth-order valence-electron chi connectivity index (χ4n) is 1.52. The second-order valence-electron chi connectivity index (χ2n) is 4.30. The smallest absolute Gasteiger partial charge is 0.384 e. The molecule has 0 aliphatic heterocycles. The summed E-state index contributed by atoms with van der Waals surface area (Å²) < 4.78 is 37.8. The van der Waals surface area contributed by atoms with Gasteiger partial charge in [-0.25, -0.2) is 9.97 Å². The molecule has 0 radical (unpaired) electrons. The summed E-state index contributed by atoms with van der Waals surface area (Å²) in [6, 6.07) is 6.96. The van der Waals surface area contributed by atoms with Crippen molar-refractivity contribution in [3.8, 4) is 0 Å². The van der Waals surface area contributed by atoms with Crippen molar-refractivity contribution in [1.29, 1.82) is 0 Å². The number of nitrogens with two attached hydrogens (primary N) is 1. The van der Waals surface area contributed by atoms with Gasteiger partial charge in [-0.3, -0.25) is 0 Å². The highest BCUT2D eigenvalue weighted by atomic mass is 32.2. The van der Waals surface area contributed by atoms with E-state index in [-0.39, 0.29) is 10.8 Å². The molecule has 7 heteroatoms. The molecule has 3 nitrogen and oxygen atoms in total. The van der Waals surface area contributed by atoms with Gasteiger partial charge < -0.3 is 5.73 Å². The van der Waals surface area contributed by atoms with Crippen LogP contribution in [-0.2, 0) is 6.18 Å². The maximum Gasteiger partial charge on any atom is 0.451 e. The summed E-state index contributed by atoms with van der Waals surface area (Å²) in [6.45, 7) is 3.91. The van der Waals surface area contributed by atoms with Crippen LogP contribution in [-0.4, -0.2) is 9.97 Å². The van der Waals surface area contributed by atoms with Crippen molar-refractivity contribution in [2.24, 2.45) is 0 Å². The van der Waals surface area contributed by atoms with Crippen LogP contribution in [0.2, 0.25) is 0 Å². The molecule has 0 unspecified atom stereocenters. The van der Waals surface area contributed by atoms with Crippen molar-refractivity contribution in [3.05, 3.63) is 41.2 Å². The van der Waals surface area contributed by atoms with Gasteiger partial charge in [0.15, 0.2) is 0 Å². The maximum atomic E-state index is 12.6. The van der Waals surface area contributed by atoms with Crippen molar-refractivity contribution < 1.29 is 13.2 Å². The van der Waals surface area contributed by atoms with Gasteiger partial charge in [-0.05, 0) is 37.1 Å². The monoisotopic (exact) mass is 299 g/mol. The van der Waals surface area contributed by atoms with Crippen LogP contribution in [0.4, 0.5) is 19.0 Å². The molecule has 0 saturated carbocycles. The topological polar surface area (TPSA) is 51.8 Å². The summed E-state index contributed by atoms with van der Waals surface area (Å²) in [5.41, 5.74) is 7.58. The minimum Gasteiger partial charge on any atom is -0.384 e. The standard InChI is InChI=1S/C13H12F3N3S/c1-7-3-4-9(5-8(7)2)20-11-6-10(17)18-12(19-11)13(14,15)16/h3-6H,1-2H3,(H2,17,18,19). The summed E-state index contributed by atoms with van der Waals surface area (Å²) in [6.07, 6.45) is -4.60. The third kappa shape index (κ3) is 3.41. The summed E-state index contributed by atoms with van der Waals surface area (Å²) >= 11 is 1.12. The Labute approximate surface area is 118 Å². The van der Waals surface area contributed by atoms with E-state index in [1.165, 1.54) is 6.07 Å². The first-order chi connectivity index (χ1) is 9.25. The molecule has 0 aliphatic carbocycles. The third-order valence-electron chi connectivity index (χ3n) is 2.68. The van der Waals surface area contributed by atoms with Crippen molar-refractivity contribution in [1.82, 2.24) is 9.97 Å². The lowest BCUT2D eigenvalue weighted by molar-refractivity contribution is -0.145. The van der Waals surface area contributed by atoms with Crippen LogP contribution in [0.3, 0.4) is 0 Å². The van der Waals surface area contributed by atoms with Gasteiger partial charge in [0.1, 0.15) is 10.8 Å². The van der Waals surface area contributed by atoms with E-state index >= 15 is 0 Å². The van der Waals surface area contributed by atoms with Crippen LogP contribution in [0.1, 0.15) is 17.0 Å². The van der Waals surface area contributed by atoms with E-state index < -0.39 is 12.0 Å². The number of hydrogen-bond acceptors (Lipinski definition) is 4. The number of alkyl halides is 3. The van der Waals surface area contributed by atoms with Crippen LogP contribution >= 0.6 is 11.8 Å². The lowest BCUT2D eigenvalue weighted by atomic mass is 10.1. The zero-order valence-electron chi connectivity index (χ0n) is 10.8. The summed E-state index contributed by atoms with van der Waals surface area (Å²) in [5.74, 6) is -1.41. The predicted octanol–water partition coefficient (Wildman–Crippen LogP) is 3.85. The molecule has 1 heterocycles. The van der Waals surface area contributed by atoms with E-state index in [0.29, 0.717) is 0 Å². The lowest BCUT2D eigenvalue weighted by Gasteiger charge is -2.09. The van der Waals surface area contributed by atoms with Crippen LogP contribution in [0.25, 0.3) is 0 Å². The molecule has 0 amide bonds. The third-order valence-corrected chi connectivity index (χ3v) is 3.58. The molecular formula is C13H12F3N3S. The Balaban J connectivity index is 2.33. The summed E-state index contributed by atoms with van der Waals surface area (Å²) in [5, 5.41) is 0.174. The first kappa shape index (κ1) is 14.6. The van der Waals surface area contributed by atoms with E-state index in [2.05, 4.69) is 9.97 Å². The van der Waals surface area contributed by atoms with E-state index in [1.807, 2.05) is 32.0 Å². The minimum absolute atomic E-state index is 0.174. The van der Waals surface area contributed by atoms with Gasteiger partial charge in [-0.2, -0.15) is 13.2 Å². The van der Waals surface area contributed by atoms with Crippen LogP contribution in [0, 0.1) is 13.8 Å². The van der Waals surface area contributed by atoms with E-state index in [9.17, 15) is 13.2 Å². The zero-order chi connectivity index (χ0) is 14.9. The van der Waals surface area contributed by atoms with Crippen LogP contribution in [0.15, 0.2) is 34.2 Å². The van der Waals surface area contributed by atoms with Crippen molar-refractivity contribution in [2.75, 3.05) is 5.73 Å². The number of nitrogen functional groups attached to an aromatic ring is 1. The number of aryl methyl sites for hydroxylation is 2. The number of halogens is 3. The maximum absolute atomic E-state index is 12.6. The number of nitrogens with zero attached hydrogens (tertiary/aromatic N) is 2. The van der Waals surface area contributed by atoms with E-state index in [1.54, 1.807) is 0 Å². The number of benzene rings is 1. The molecule has 0 atom stereocenters. The fraction of sp³-hybridized carbons (Fsp3) is 0.231. The molecule has 0 saturated heterocycles. The molecule has 106 valence electrons. The molecule has 2 aromatic rings. The molecule has 20 heavy (non-hydrogen) atoms. The largest absolute Gasteiger partial charge is 0.451 e. The molecular weight excluding hydrogens is 287 g/mol. The Morgan fingerprint density at radius 1 is 1.05 bits per heavy atom. The highest BCUT2D eigenvalue weighted by molar-refractivity contribution is 7.99. The summed E-state index contributed by atoms with van der Waals surface area (Å²) in [4.78, 5) is 7.51. The Morgan fingerprint density at radius 3 is 2.35 bits per heavy atom. The Hall–Kier alpha value is -1.76. The number of rotatable bonds is 2. The van der Waals surface area contributed by atoms with Gasteiger partial charge in [-0.1, -0.05) is 17.8 Å². The SMILES string of the molecule is Cc1ccc(Sc2cc(N)nc(C(F)(F)F)n2)cc1C. The van der Waals surface area contributed by atoms with Gasteiger partial charge in [0, 0.05) is 11.0 Å². The van der Waals surface area contributed by atoms with Crippen molar-refractivity contribution >= 4 is 17.6 Å². The van der Waals surface area contributed by atoms with Gasteiger partial charge in [-0.15, -0.1) is 0 Å². The van der Waals surface area contributed by atoms with E-state index in [4.69, 9.17) is 5.73 Å². The lowest BCUT2D eigenvalue weighted by Crippen LogP contribution is -2.12. The average Bonchev–Trinajstić information content (AvgIpc) is 2.32. The molecule has 1 aromatic heterocycles. The second-order valence-corrected chi connectivity index (χ2v) is 5.39. The first-order valence-electron chi connectivity index (χ1n) is 5.72. The Morgan fingerprint density at radius 2 is 1.75 bits per heavy atom. The Kier molecular flexibility index (Phi) is 3.89. The van der Waals surface area contributed by atoms with Gasteiger partial charge in [0.2, 0.25) is 5.82 Å². The highest BCUT2D eigenvalue weighted by Crippen LogP contribution is 2.32. The van der Waals surface area contributed by atoms with Gasteiger partial charge in [0.25, 0.3) is 0 Å². The number of hydrogen-bond donors (Lipinski definition) is 1. The first-order valence-corrected chi connectivity index (χ1v) is 6.54. The summed E-state index contributed by atoms with van der Waals surface area (Å²) in [7, 11) is 0. The van der Waals surface area contributed by atoms with Crippen molar-refractivity contribution in [2.45, 2.75) is 29.9 Å². The molecule has 0 fully saturated rings. The fourth-order valence-corrected chi connectivity index (χ4v) is 2.44. The Bertz CT molecular complexity index is 641. The van der Waals surface area contributed by atoms with Gasteiger partial charge >= 0.3 is 6.18 Å². The molecule has 0 spiro atoms. The molecule has 0 aliphatic rings. The van der Waals surface area contributed by atoms with Crippen LogP contribution < -0.4 is 5.73 Å². The number of anilines is 1. The molecule has 2 rings (SSSR count). The highest BCUT2D eigenvalue weighted by Gasteiger charge is 2.35. The predicted molar refractivity (Wildman–Crippen MR) is 71.5 cm³/mol. The average molecular weight is 299 g/mol. The van der Waals surface area contributed by atoms with E-state index in [0.717, 1.165) is 27.8 Å². The van der Waals surface area contributed by atoms with Crippen molar-refractivity contribution in [3.63, 3.8) is 0 Å². The van der Waals surface area contributed by atoms with Gasteiger partial charge in [0.05, 0.1) is 0 Å². The van der Waals surface area contributed by atoms with Crippen LogP contribution in [0.5, 0.6) is 0 Å². The zero-order valence-corrected chi connectivity index (χ0v) is 11.6. The molecule has 1 aromatic carbocycles. The minimum atomic E-state index is -4.60. The quantitative estimate of drug-likeness (QED) is 0.856. The molecule has 2 N–H and O–H groups in total. The second kappa shape index (κ2) is 5.32. The number of aromatic nitrogens is 2.